The summed E-state index contributed by atoms with van der Waals surface area (Å²) < 4.78 is 0. The number of imide groups is 1. The average molecular weight is 368 g/mol. The molecule has 0 radical (unpaired) electrons. The van der Waals surface area contributed by atoms with Crippen molar-refractivity contribution < 1.29 is 14.5 Å². The topological polar surface area (TPSA) is 95.8 Å². The molecule has 0 bridgehead atoms. The van der Waals surface area contributed by atoms with Crippen molar-refractivity contribution >= 4 is 17.6 Å². The number of nitrogens with one attached hydrogen (secondary N) is 1. The summed E-state index contributed by atoms with van der Waals surface area (Å²) in [6.07, 6.45) is 0. The fourth-order valence-electron chi connectivity index (χ4n) is 3.12. The van der Waals surface area contributed by atoms with Crippen LogP contribution in [0.5, 0.6) is 0 Å². The van der Waals surface area contributed by atoms with Crippen LogP contribution in [0.25, 0.3) is 0 Å². The van der Waals surface area contributed by atoms with E-state index in [0.29, 0.717) is 12.1 Å². The van der Waals surface area contributed by atoms with E-state index in [0.717, 1.165) is 10.5 Å². The minimum Gasteiger partial charge on any atom is -0.319 e. The van der Waals surface area contributed by atoms with Crippen molar-refractivity contribution in [3.05, 3.63) is 75.8 Å². The Labute approximate surface area is 156 Å². The van der Waals surface area contributed by atoms with Crippen molar-refractivity contribution in [2.24, 2.45) is 0 Å². The maximum absolute atomic E-state index is 12.9. The van der Waals surface area contributed by atoms with Crippen LogP contribution in [0.1, 0.15) is 18.1 Å². The van der Waals surface area contributed by atoms with Crippen LogP contribution in [0, 0.1) is 10.1 Å². The zero-order chi connectivity index (χ0) is 19.6. The molecule has 1 N–H and O–H groups in total. The molecular weight excluding hydrogens is 348 g/mol. The summed E-state index contributed by atoms with van der Waals surface area (Å²) in [7, 11) is 1.83. The Morgan fingerprint density at radius 3 is 2.33 bits per heavy atom. The van der Waals surface area contributed by atoms with Crippen LogP contribution in [0.4, 0.5) is 10.5 Å². The van der Waals surface area contributed by atoms with Crippen molar-refractivity contribution in [3.8, 4) is 0 Å². The Bertz CT molecular complexity index is 869. The molecule has 0 aliphatic carbocycles. The van der Waals surface area contributed by atoms with Gasteiger partial charge in [-0.2, -0.15) is 0 Å². The Morgan fingerprint density at radius 1 is 1.11 bits per heavy atom. The number of nitrogens with zero attached hydrogens (tertiary/aromatic N) is 3. The summed E-state index contributed by atoms with van der Waals surface area (Å²) in [4.78, 5) is 38.6. The van der Waals surface area contributed by atoms with Gasteiger partial charge in [0, 0.05) is 18.7 Å². The number of nitro benzene ring substituents is 1. The van der Waals surface area contributed by atoms with Gasteiger partial charge in [-0.05, 0) is 37.2 Å². The lowest BCUT2D eigenvalue weighted by Gasteiger charge is -2.24. The van der Waals surface area contributed by atoms with E-state index in [9.17, 15) is 19.7 Å². The molecule has 8 nitrogen and oxygen atoms in total. The van der Waals surface area contributed by atoms with Crippen molar-refractivity contribution in [1.82, 2.24) is 15.1 Å². The highest BCUT2D eigenvalue weighted by molar-refractivity contribution is 6.07. The van der Waals surface area contributed by atoms with Gasteiger partial charge in [-0.3, -0.25) is 19.8 Å². The smallest absolute Gasteiger partial charge is 0.319 e. The molecule has 2 aromatic carbocycles. The van der Waals surface area contributed by atoms with E-state index in [1.165, 1.54) is 24.3 Å². The number of non-ortho nitro benzene ring substituents is 1. The van der Waals surface area contributed by atoms with Crippen molar-refractivity contribution in [1.29, 1.82) is 0 Å². The average Bonchev–Trinajstić information content (AvgIpc) is 2.86. The zero-order valence-corrected chi connectivity index (χ0v) is 15.1. The third-order valence-corrected chi connectivity index (χ3v) is 4.61. The number of urea groups is 1. The van der Waals surface area contributed by atoms with E-state index in [1.807, 2.05) is 42.3 Å². The van der Waals surface area contributed by atoms with Crippen LogP contribution in [0.2, 0.25) is 0 Å². The van der Waals surface area contributed by atoms with Gasteiger partial charge in [0.2, 0.25) is 0 Å². The fraction of sp³-hybridized carbons (Fsp3) is 0.263. The van der Waals surface area contributed by atoms with Crippen LogP contribution < -0.4 is 5.32 Å². The van der Waals surface area contributed by atoms with Crippen LogP contribution in [-0.2, 0) is 16.9 Å². The normalized spacial score (nSPS) is 19.4. The van der Waals surface area contributed by atoms with Gasteiger partial charge in [0.25, 0.3) is 11.6 Å². The number of rotatable bonds is 6. The first-order valence-corrected chi connectivity index (χ1v) is 8.43. The van der Waals surface area contributed by atoms with Gasteiger partial charge < -0.3 is 5.32 Å². The second-order valence-corrected chi connectivity index (χ2v) is 6.73. The molecule has 1 aliphatic rings. The zero-order valence-electron chi connectivity index (χ0n) is 15.1. The predicted molar refractivity (Wildman–Crippen MR) is 98.6 cm³/mol. The molecule has 0 spiro atoms. The van der Waals surface area contributed by atoms with Crippen molar-refractivity contribution in [2.45, 2.75) is 19.0 Å². The van der Waals surface area contributed by atoms with E-state index >= 15 is 0 Å². The molecule has 1 heterocycles. The van der Waals surface area contributed by atoms with E-state index in [4.69, 9.17) is 0 Å². The van der Waals surface area contributed by atoms with Crippen molar-refractivity contribution in [2.75, 3.05) is 13.7 Å². The van der Waals surface area contributed by atoms with Gasteiger partial charge in [-0.25, -0.2) is 9.69 Å². The molecule has 140 valence electrons. The highest BCUT2D eigenvalue weighted by Gasteiger charge is 2.49. The maximum atomic E-state index is 12.9. The molecule has 8 heteroatoms. The van der Waals surface area contributed by atoms with Crippen LogP contribution in [-0.4, -0.2) is 40.4 Å². The highest BCUT2D eigenvalue weighted by atomic mass is 16.6. The lowest BCUT2D eigenvalue weighted by molar-refractivity contribution is -0.384. The molecule has 1 aliphatic heterocycles. The van der Waals surface area contributed by atoms with Gasteiger partial charge in [0.05, 0.1) is 11.6 Å². The summed E-state index contributed by atoms with van der Waals surface area (Å²) in [5.74, 6) is -0.388. The first kappa shape index (κ1) is 18.5. The minimum absolute atomic E-state index is 0.0708. The molecule has 0 aromatic heterocycles. The molecule has 1 saturated heterocycles. The molecular formula is C19H20N4O4. The van der Waals surface area contributed by atoms with Gasteiger partial charge in [-0.1, -0.05) is 30.3 Å². The monoisotopic (exact) mass is 368 g/mol. The summed E-state index contributed by atoms with van der Waals surface area (Å²) in [5, 5.41) is 13.5. The summed E-state index contributed by atoms with van der Waals surface area (Å²) >= 11 is 0. The Morgan fingerprint density at radius 2 is 1.74 bits per heavy atom. The molecule has 1 fully saturated rings. The molecule has 3 amide bonds. The SMILES string of the molecule is CN(Cc1ccccc1)CN1C(=O)N[C@@](C)(c2ccc([N+](=O)[O-])cc2)C1=O. The number of amides is 3. The van der Waals surface area contributed by atoms with Gasteiger partial charge >= 0.3 is 6.03 Å². The van der Waals surface area contributed by atoms with Crippen LogP contribution in [0.3, 0.4) is 0 Å². The van der Waals surface area contributed by atoms with Gasteiger partial charge in [0.15, 0.2) is 0 Å². The molecule has 1 atom stereocenters. The molecule has 27 heavy (non-hydrogen) atoms. The first-order chi connectivity index (χ1) is 12.8. The minimum atomic E-state index is -1.25. The standard InChI is InChI=1S/C19H20N4O4/c1-19(15-8-10-16(11-9-15)23(26)27)17(24)22(18(25)20-19)13-21(2)12-14-6-4-3-5-7-14/h3-11H,12-13H2,1-2H3,(H,20,25)/t19-/m0/s1. The lowest BCUT2D eigenvalue weighted by Crippen LogP contribution is -2.42. The van der Waals surface area contributed by atoms with Crippen molar-refractivity contribution in [3.63, 3.8) is 0 Å². The molecule has 3 rings (SSSR count). The summed E-state index contributed by atoms with van der Waals surface area (Å²) in [6.45, 7) is 2.33. The number of nitro groups is 1. The quantitative estimate of drug-likeness (QED) is 0.480. The third-order valence-electron chi connectivity index (χ3n) is 4.61. The number of hydrogen-bond donors (Lipinski definition) is 1. The van der Waals surface area contributed by atoms with Crippen LogP contribution in [0.15, 0.2) is 54.6 Å². The predicted octanol–water partition coefficient (Wildman–Crippen LogP) is 2.45. The van der Waals surface area contributed by atoms with Gasteiger partial charge in [-0.15, -0.1) is 0 Å². The second-order valence-electron chi connectivity index (χ2n) is 6.73. The van der Waals surface area contributed by atoms with Crippen LogP contribution >= 0.6 is 0 Å². The van der Waals surface area contributed by atoms with E-state index in [1.54, 1.807) is 6.92 Å². The van der Waals surface area contributed by atoms with E-state index in [2.05, 4.69) is 5.32 Å². The Kier molecular flexibility index (Phi) is 4.91. The lowest BCUT2D eigenvalue weighted by atomic mass is 9.92. The molecule has 0 unspecified atom stereocenters. The number of benzene rings is 2. The summed E-state index contributed by atoms with van der Waals surface area (Å²) in [5.41, 5.74) is 0.253. The first-order valence-electron chi connectivity index (χ1n) is 8.43. The van der Waals surface area contributed by atoms with E-state index < -0.39 is 16.5 Å². The van der Waals surface area contributed by atoms with Gasteiger partial charge in [0.1, 0.15) is 5.54 Å². The van der Waals surface area contributed by atoms with E-state index in [-0.39, 0.29) is 18.3 Å². The Hall–Kier alpha value is -3.26. The number of hydrogen-bond acceptors (Lipinski definition) is 5. The molecule has 0 saturated carbocycles. The number of carbonyl (C=O) groups is 2. The summed E-state index contributed by atoms with van der Waals surface area (Å²) in [6, 6.07) is 14.9. The second kappa shape index (κ2) is 7.16. The largest absolute Gasteiger partial charge is 0.326 e. The third kappa shape index (κ3) is 3.65. The number of carbonyl (C=O) groups excluding carboxylic acids is 2. The fourth-order valence-corrected chi connectivity index (χ4v) is 3.12. The highest BCUT2D eigenvalue weighted by Crippen LogP contribution is 2.30. The molecule has 2 aromatic rings. The Balaban J connectivity index is 1.74. The maximum Gasteiger partial charge on any atom is 0.326 e.